The minimum absolute atomic E-state index is 0.211. The maximum absolute atomic E-state index is 12.0. The maximum atomic E-state index is 12.0. The summed E-state index contributed by atoms with van der Waals surface area (Å²) in [5, 5.41) is 2.42. The first-order valence-corrected chi connectivity index (χ1v) is 3.50. The van der Waals surface area contributed by atoms with Gasteiger partial charge in [-0.2, -0.15) is 13.2 Å². The van der Waals surface area contributed by atoms with Gasteiger partial charge < -0.3 is 11.1 Å². The van der Waals surface area contributed by atoms with Gasteiger partial charge in [0.25, 0.3) is 0 Å². The monoisotopic (exact) mass is 182 g/mol. The van der Waals surface area contributed by atoms with Gasteiger partial charge in [0, 0.05) is 6.54 Å². The van der Waals surface area contributed by atoms with Gasteiger partial charge >= 0.3 is 6.18 Å². The van der Waals surface area contributed by atoms with E-state index in [9.17, 15) is 18.0 Å². The van der Waals surface area contributed by atoms with Gasteiger partial charge in [-0.25, -0.2) is 0 Å². The zero-order chi connectivity index (χ0) is 9.35. The molecule has 1 aliphatic heterocycles. The van der Waals surface area contributed by atoms with Crippen LogP contribution in [0.3, 0.4) is 0 Å². The van der Waals surface area contributed by atoms with Crippen LogP contribution in [-0.2, 0) is 4.79 Å². The Hall–Kier alpha value is -0.780. The maximum Gasteiger partial charge on any atom is 0.393 e. The van der Waals surface area contributed by atoms with E-state index >= 15 is 0 Å². The highest BCUT2D eigenvalue weighted by Gasteiger charge is 2.45. The molecule has 6 heteroatoms. The second kappa shape index (κ2) is 2.93. The summed E-state index contributed by atoms with van der Waals surface area (Å²) < 4.78 is 36.0. The van der Waals surface area contributed by atoms with Crippen molar-refractivity contribution in [2.24, 2.45) is 11.7 Å². The highest BCUT2D eigenvalue weighted by molar-refractivity contribution is 5.80. The van der Waals surface area contributed by atoms with E-state index in [1.54, 1.807) is 0 Å². The molecule has 1 fully saturated rings. The van der Waals surface area contributed by atoms with Gasteiger partial charge in [0.15, 0.2) is 0 Å². The van der Waals surface area contributed by atoms with Crippen molar-refractivity contribution in [1.82, 2.24) is 5.32 Å². The van der Waals surface area contributed by atoms with E-state index in [0.29, 0.717) is 0 Å². The molecular weight excluding hydrogens is 173 g/mol. The molecule has 1 aliphatic rings. The molecule has 12 heavy (non-hydrogen) atoms. The molecular formula is C6H9F3N2O. The lowest BCUT2D eigenvalue weighted by molar-refractivity contribution is -0.169. The van der Waals surface area contributed by atoms with Gasteiger partial charge in [-0.15, -0.1) is 0 Å². The summed E-state index contributed by atoms with van der Waals surface area (Å²) >= 11 is 0. The van der Waals surface area contributed by atoms with Gasteiger partial charge in [-0.3, -0.25) is 4.79 Å². The zero-order valence-corrected chi connectivity index (χ0v) is 6.19. The third kappa shape index (κ3) is 1.88. The van der Waals surface area contributed by atoms with Crippen LogP contribution in [0.1, 0.15) is 6.42 Å². The number of alkyl halides is 3. The van der Waals surface area contributed by atoms with E-state index in [1.165, 1.54) is 0 Å². The Bertz CT molecular complexity index is 192. The number of hydrogen-bond donors (Lipinski definition) is 2. The van der Waals surface area contributed by atoms with Crippen molar-refractivity contribution in [3.8, 4) is 0 Å². The number of hydrogen-bond acceptors (Lipinski definition) is 2. The Morgan fingerprint density at radius 3 is 2.33 bits per heavy atom. The van der Waals surface area contributed by atoms with E-state index in [1.807, 2.05) is 0 Å². The van der Waals surface area contributed by atoms with Gasteiger partial charge in [-0.05, 0) is 6.42 Å². The number of nitrogens with two attached hydrogens (primary N) is 1. The molecule has 2 atom stereocenters. The van der Waals surface area contributed by atoms with Crippen LogP contribution in [-0.4, -0.2) is 24.7 Å². The highest BCUT2D eigenvalue weighted by Crippen LogP contribution is 2.32. The lowest BCUT2D eigenvalue weighted by Crippen LogP contribution is -2.36. The first-order chi connectivity index (χ1) is 5.41. The Kier molecular flexibility index (Phi) is 2.27. The van der Waals surface area contributed by atoms with Crippen LogP contribution < -0.4 is 11.1 Å². The van der Waals surface area contributed by atoms with E-state index in [-0.39, 0.29) is 13.0 Å². The summed E-state index contributed by atoms with van der Waals surface area (Å²) in [6.45, 7) is -0.211. The van der Waals surface area contributed by atoms with Crippen LogP contribution in [0.4, 0.5) is 13.2 Å². The third-order valence-electron chi connectivity index (χ3n) is 1.94. The molecule has 1 amide bonds. The Labute approximate surface area is 67.1 Å². The highest BCUT2D eigenvalue weighted by atomic mass is 19.4. The fourth-order valence-electron chi connectivity index (χ4n) is 1.20. The summed E-state index contributed by atoms with van der Waals surface area (Å²) in [7, 11) is 0. The first-order valence-electron chi connectivity index (χ1n) is 3.50. The van der Waals surface area contributed by atoms with Crippen molar-refractivity contribution < 1.29 is 18.0 Å². The number of nitrogens with one attached hydrogen (secondary N) is 1. The fourth-order valence-corrected chi connectivity index (χ4v) is 1.20. The summed E-state index contributed by atoms with van der Waals surface area (Å²) in [6.07, 6.45) is -4.46. The van der Waals surface area contributed by atoms with Crippen molar-refractivity contribution in [2.45, 2.75) is 18.6 Å². The van der Waals surface area contributed by atoms with Gasteiger partial charge in [0.05, 0.1) is 12.0 Å². The Morgan fingerprint density at radius 1 is 1.50 bits per heavy atom. The average Bonchev–Trinajstić information content (AvgIpc) is 2.30. The standard InChI is InChI=1S/C6H9F3N2O/c7-6(8,9)3-1-4(5(10)12)11-2-3/h3-4,11H,1-2H2,(H2,10,12)/t3?,4-/m0/s1. The minimum Gasteiger partial charge on any atom is -0.368 e. The quantitative estimate of drug-likeness (QED) is 0.600. The van der Waals surface area contributed by atoms with Crippen molar-refractivity contribution in [3.05, 3.63) is 0 Å². The smallest absolute Gasteiger partial charge is 0.368 e. The largest absolute Gasteiger partial charge is 0.393 e. The van der Waals surface area contributed by atoms with Crippen LogP contribution in [0.2, 0.25) is 0 Å². The molecule has 70 valence electrons. The summed E-state index contributed by atoms with van der Waals surface area (Å²) in [4.78, 5) is 10.5. The molecule has 0 saturated carbocycles. The van der Waals surface area contributed by atoms with Crippen molar-refractivity contribution in [2.75, 3.05) is 6.54 Å². The Balaban J connectivity index is 2.51. The summed E-state index contributed by atoms with van der Waals surface area (Å²) in [5.41, 5.74) is 4.83. The Morgan fingerprint density at radius 2 is 2.08 bits per heavy atom. The van der Waals surface area contributed by atoms with Crippen molar-refractivity contribution in [3.63, 3.8) is 0 Å². The molecule has 3 N–H and O–H groups in total. The number of carbonyl (C=O) groups is 1. The van der Waals surface area contributed by atoms with Crippen LogP contribution in [0.25, 0.3) is 0 Å². The van der Waals surface area contributed by atoms with Crippen molar-refractivity contribution in [1.29, 1.82) is 0 Å². The number of halogens is 3. The van der Waals surface area contributed by atoms with E-state index < -0.39 is 24.0 Å². The lowest BCUT2D eigenvalue weighted by Gasteiger charge is -2.12. The van der Waals surface area contributed by atoms with E-state index in [0.717, 1.165) is 0 Å². The van der Waals surface area contributed by atoms with Gasteiger partial charge in [-0.1, -0.05) is 0 Å². The predicted octanol–water partition coefficient (Wildman–Crippen LogP) is 0.0121. The molecule has 0 aliphatic carbocycles. The molecule has 0 spiro atoms. The second-order valence-corrected chi connectivity index (χ2v) is 2.84. The lowest BCUT2D eigenvalue weighted by atomic mass is 10.1. The first kappa shape index (κ1) is 9.31. The molecule has 1 saturated heterocycles. The normalized spacial score (nSPS) is 30.6. The number of carbonyl (C=O) groups excluding carboxylic acids is 1. The van der Waals surface area contributed by atoms with Crippen LogP contribution in [0.5, 0.6) is 0 Å². The average molecular weight is 182 g/mol. The van der Waals surface area contributed by atoms with E-state index in [2.05, 4.69) is 5.32 Å². The second-order valence-electron chi connectivity index (χ2n) is 2.84. The van der Waals surface area contributed by atoms with Gasteiger partial charge in [0.1, 0.15) is 0 Å². The molecule has 1 heterocycles. The molecule has 0 bridgehead atoms. The molecule has 0 aromatic carbocycles. The zero-order valence-electron chi connectivity index (χ0n) is 6.19. The molecule has 1 unspecified atom stereocenters. The third-order valence-corrected chi connectivity index (χ3v) is 1.94. The van der Waals surface area contributed by atoms with E-state index in [4.69, 9.17) is 5.73 Å². The number of rotatable bonds is 1. The molecule has 0 aromatic heterocycles. The van der Waals surface area contributed by atoms with Crippen LogP contribution in [0.15, 0.2) is 0 Å². The molecule has 1 rings (SSSR count). The number of primary amides is 1. The van der Waals surface area contributed by atoms with Crippen LogP contribution in [0, 0.1) is 5.92 Å². The number of amides is 1. The molecule has 0 aromatic rings. The van der Waals surface area contributed by atoms with Crippen LogP contribution >= 0.6 is 0 Å². The fraction of sp³-hybridized carbons (Fsp3) is 0.833. The summed E-state index contributed by atoms with van der Waals surface area (Å²) in [5.74, 6) is -2.16. The van der Waals surface area contributed by atoms with Gasteiger partial charge in [0.2, 0.25) is 5.91 Å². The SMILES string of the molecule is NC(=O)[C@@H]1CC(C(F)(F)F)CN1. The molecule has 3 nitrogen and oxygen atoms in total. The summed E-state index contributed by atoms with van der Waals surface area (Å²) in [6, 6.07) is -0.823. The van der Waals surface area contributed by atoms with Crippen molar-refractivity contribution >= 4 is 5.91 Å². The minimum atomic E-state index is -4.22. The predicted molar refractivity (Wildman–Crippen MR) is 35.1 cm³/mol. The molecule has 0 radical (unpaired) electrons. The topological polar surface area (TPSA) is 55.1 Å².